The van der Waals surface area contributed by atoms with Gasteiger partial charge in [0.25, 0.3) is 0 Å². The van der Waals surface area contributed by atoms with Crippen molar-refractivity contribution in [3.63, 3.8) is 0 Å². The summed E-state index contributed by atoms with van der Waals surface area (Å²) < 4.78 is 5.39. The predicted molar refractivity (Wildman–Crippen MR) is 85.2 cm³/mol. The van der Waals surface area contributed by atoms with Crippen molar-refractivity contribution in [2.24, 2.45) is 0 Å². The maximum atomic E-state index is 6.25. The Hall–Kier alpha value is -2.26. The van der Waals surface area contributed by atoms with E-state index in [1.54, 1.807) is 0 Å². The lowest BCUT2D eigenvalue weighted by atomic mass is 10.0. The molecule has 0 atom stereocenters. The fraction of sp³-hybridized carbons (Fsp3) is 0.118. The van der Waals surface area contributed by atoms with Crippen molar-refractivity contribution in [2.75, 3.05) is 5.73 Å². The Morgan fingerprint density at radius 2 is 1.67 bits per heavy atom. The largest absolute Gasteiger partial charge is 0.380 e. The van der Waals surface area contributed by atoms with E-state index in [2.05, 4.69) is 17.3 Å². The molecule has 0 saturated heterocycles. The zero-order chi connectivity index (χ0) is 14.7. The Balaban J connectivity index is 1.89. The normalized spacial score (nSPS) is 10.7. The third-order valence-electron chi connectivity index (χ3n) is 3.42. The van der Waals surface area contributed by atoms with Gasteiger partial charge in [0.2, 0.25) is 0 Å². The van der Waals surface area contributed by atoms with E-state index in [0.717, 1.165) is 29.7 Å². The molecule has 0 radical (unpaired) electrons. The van der Waals surface area contributed by atoms with Gasteiger partial charge in [0, 0.05) is 17.0 Å². The molecule has 1 aromatic heterocycles. The van der Waals surface area contributed by atoms with Crippen molar-refractivity contribution in [3.8, 4) is 11.1 Å². The molecule has 0 amide bonds. The van der Waals surface area contributed by atoms with Crippen LogP contribution >= 0.6 is 11.6 Å². The molecule has 3 aromatic rings. The Bertz CT molecular complexity index is 738. The summed E-state index contributed by atoms with van der Waals surface area (Å²) in [7, 11) is 0. The van der Waals surface area contributed by atoms with E-state index < -0.39 is 0 Å². The van der Waals surface area contributed by atoms with E-state index in [0.29, 0.717) is 10.8 Å². The molecule has 4 heteroatoms. The number of nitrogen functional groups attached to an aromatic ring is 1. The number of halogens is 1. The van der Waals surface area contributed by atoms with Gasteiger partial charge < -0.3 is 10.3 Å². The van der Waals surface area contributed by atoms with Crippen molar-refractivity contribution in [1.82, 2.24) is 5.16 Å². The average molecular weight is 299 g/mol. The number of anilines is 1. The lowest BCUT2D eigenvalue weighted by Gasteiger charge is -2.05. The van der Waals surface area contributed by atoms with Crippen LogP contribution in [0.25, 0.3) is 11.1 Å². The quantitative estimate of drug-likeness (QED) is 0.778. The molecule has 0 spiro atoms. The second kappa shape index (κ2) is 6.02. The van der Waals surface area contributed by atoms with Crippen molar-refractivity contribution in [2.45, 2.75) is 12.8 Å². The van der Waals surface area contributed by atoms with Gasteiger partial charge in [-0.3, -0.25) is 0 Å². The van der Waals surface area contributed by atoms with Gasteiger partial charge in [-0.05, 0) is 18.1 Å². The van der Waals surface area contributed by atoms with Crippen molar-refractivity contribution in [3.05, 3.63) is 70.9 Å². The first-order valence-electron chi connectivity index (χ1n) is 6.78. The highest BCUT2D eigenvalue weighted by molar-refractivity contribution is 6.33. The highest BCUT2D eigenvalue weighted by Gasteiger charge is 2.17. The number of aromatic nitrogens is 1. The number of rotatable bonds is 4. The van der Waals surface area contributed by atoms with Crippen LogP contribution in [0.1, 0.15) is 11.3 Å². The molecule has 3 nitrogen and oxygen atoms in total. The molecule has 21 heavy (non-hydrogen) atoms. The minimum Gasteiger partial charge on any atom is -0.380 e. The summed E-state index contributed by atoms with van der Waals surface area (Å²) in [5.41, 5.74) is 8.86. The molecular formula is C17H15ClN2O. The molecule has 0 fully saturated rings. The fourth-order valence-electron chi connectivity index (χ4n) is 2.36. The van der Waals surface area contributed by atoms with E-state index in [9.17, 15) is 0 Å². The van der Waals surface area contributed by atoms with Crippen LogP contribution in [0.4, 0.5) is 5.82 Å². The third kappa shape index (κ3) is 2.93. The summed E-state index contributed by atoms with van der Waals surface area (Å²) in [6, 6.07) is 17.8. The number of nitrogens with two attached hydrogens (primary N) is 1. The summed E-state index contributed by atoms with van der Waals surface area (Å²) in [5, 5.41) is 4.54. The first-order chi connectivity index (χ1) is 10.3. The number of benzene rings is 2. The van der Waals surface area contributed by atoms with Crippen LogP contribution < -0.4 is 5.73 Å². The van der Waals surface area contributed by atoms with E-state index in [4.69, 9.17) is 21.9 Å². The minimum absolute atomic E-state index is 0.381. The van der Waals surface area contributed by atoms with Crippen LogP contribution in [0.2, 0.25) is 5.02 Å². The lowest BCUT2D eigenvalue weighted by molar-refractivity contribution is 0.386. The maximum Gasteiger partial charge on any atom is 0.175 e. The van der Waals surface area contributed by atoms with Crippen LogP contribution in [-0.4, -0.2) is 5.16 Å². The molecule has 2 N–H and O–H groups in total. The van der Waals surface area contributed by atoms with Crippen LogP contribution in [0.5, 0.6) is 0 Å². The molecule has 0 unspecified atom stereocenters. The summed E-state index contributed by atoms with van der Waals surface area (Å²) in [5.74, 6) is 1.15. The molecule has 0 bridgehead atoms. The molecule has 1 heterocycles. The van der Waals surface area contributed by atoms with E-state index >= 15 is 0 Å². The second-order valence-electron chi connectivity index (χ2n) is 4.83. The zero-order valence-corrected chi connectivity index (χ0v) is 12.2. The summed E-state index contributed by atoms with van der Waals surface area (Å²) in [6.07, 6.45) is 1.60. The summed E-state index contributed by atoms with van der Waals surface area (Å²) in [4.78, 5) is 0. The highest BCUT2D eigenvalue weighted by Crippen LogP contribution is 2.35. The average Bonchev–Trinajstić information content (AvgIpc) is 2.88. The van der Waals surface area contributed by atoms with Crippen LogP contribution in [0.3, 0.4) is 0 Å². The van der Waals surface area contributed by atoms with Gasteiger partial charge in [0.05, 0.1) is 5.56 Å². The van der Waals surface area contributed by atoms with Gasteiger partial charge in [0.1, 0.15) is 5.76 Å². The predicted octanol–water partition coefficient (Wildman–Crippen LogP) is 4.36. The topological polar surface area (TPSA) is 52.0 Å². The van der Waals surface area contributed by atoms with Gasteiger partial charge in [-0.2, -0.15) is 0 Å². The monoisotopic (exact) mass is 298 g/mol. The summed E-state index contributed by atoms with van der Waals surface area (Å²) in [6.45, 7) is 0. The van der Waals surface area contributed by atoms with Crippen molar-refractivity contribution in [1.29, 1.82) is 0 Å². The van der Waals surface area contributed by atoms with E-state index in [-0.39, 0.29) is 0 Å². The Kier molecular flexibility index (Phi) is 3.93. The fourth-order valence-corrected chi connectivity index (χ4v) is 2.59. The standard InChI is InChI=1S/C17H15ClN2O/c18-14-9-5-4-8-13(14)16-15(21-20-17(16)19)11-10-12-6-2-1-3-7-12/h1-9H,10-11H2,(H2,19,20). The third-order valence-corrected chi connectivity index (χ3v) is 3.75. The molecular weight excluding hydrogens is 284 g/mol. The van der Waals surface area contributed by atoms with E-state index in [1.807, 2.05) is 42.5 Å². The highest BCUT2D eigenvalue weighted by atomic mass is 35.5. The molecule has 0 aliphatic heterocycles. The zero-order valence-electron chi connectivity index (χ0n) is 11.4. The Morgan fingerprint density at radius 1 is 0.952 bits per heavy atom. The minimum atomic E-state index is 0.381. The van der Waals surface area contributed by atoms with Crippen molar-refractivity contribution < 1.29 is 4.52 Å². The van der Waals surface area contributed by atoms with Gasteiger partial charge in [-0.25, -0.2) is 0 Å². The van der Waals surface area contributed by atoms with Crippen molar-refractivity contribution >= 4 is 17.4 Å². The lowest BCUT2D eigenvalue weighted by Crippen LogP contribution is -1.94. The van der Waals surface area contributed by atoms with Gasteiger partial charge in [-0.15, -0.1) is 0 Å². The Labute approximate surface area is 128 Å². The molecule has 3 rings (SSSR count). The number of hydrogen-bond acceptors (Lipinski definition) is 3. The first-order valence-corrected chi connectivity index (χ1v) is 7.16. The number of aryl methyl sites for hydroxylation is 2. The second-order valence-corrected chi connectivity index (χ2v) is 5.24. The van der Waals surface area contributed by atoms with Crippen LogP contribution in [-0.2, 0) is 12.8 Å². The van der Waals surface area contributed by atoms with Gasteiger partial charge in [0.15, 0.2) is 5.82 Å². The number of nitrogens with zero attached hydrogens (tertiary/aromatic N) is 1. The van der Waals surface area contributed by atoms with Crippen LogP contribution in [0.15, 0.2) is 59.1 Å². The maximum absolute atomic E-state index is 6.25. The SMILES string of the molecule is Nc1noc(CCc2ccccc2)c1-c1ccccc1Cl. The first kappa shape index (κ1) is 13.7. The molecule has 0 aliphatic rings. The molecule has 0 aliphatic carbocycles. The molecule has 2 aromatic carbocycles. The Morgan fingerprint density at radius 3 is 2.43 bits per heavy atom. The van der Waals surface area contributed by atoms with Gasteiger partial charge >= 0.3 is 0 Å². The molecule has 0 saturated carbocycles. The van der Waals surface area contributed by atoms with E-state index in [1.165, 1.54) is 5.56 Å². The smallest absolute Gasteiger partial charge is 0.175 e. The molecule has 106 valence electrons. The van der Waals surface area contributed by atoms with Gasteiger partial charge in [-0.1, -0.05) is 65.3 Å². The number of hydrogen-bond donors (Lipinski definition) is 1. The van der Waals surface area contributed by atoms with Crippen LogP contribution in [0, 0.1) is 0 Å². The summed E-state index contributed by atoms with van der Waals surface area (Å²) >= 11 is 6.25.